The predicted molar refractivity (Wildman–Crippen MR) is 88.1 cm³/mol. The van der Waals surface area contributed by atoms with Crippen molar-refractivity contribution >= 4 is 12.1 Å². The lowest BCUT2D eigenvalue weighted by molar-refractivity contribution is -0.147. The van der Waals surface area contributed by atoms with Gasteiger partial charge in [0, 0.05) is 13.1 Å². The molecular formula is C18H31NO4. The van der Waals surface area contributed by atoms with Gasteiger partial charge in [0.15, 0.2) is 0 Å². The van der Waals surface area contributed by atoms with E-state index in [1.807, 2.05) is 4.90 Å². The second-order valence-electron chi connectivity index (χ2n) is 7.07. The molecule has 2 fully saturated rings. The molecule has 5 heteroatoms. The van der Waals surface area contributed by atoms with Crippen molar-refractivity contribution in [2.45, 2.75) is 71.3 Å². The summed E-state index contributed by atoms with van der Waals surface area (Å²) in [4.78, 5) is 25.7. The molecule has 1 saturated carbocycles. The first-order valence-electron chi connectivity index (χ1n) is 9.07. The molecule has 0 aromatic heterocycles. The highest BCUT2D eigenvalue weighted by Gasteiger charge is 2.35. The summed E-state index contributed by atoms with van der Waals surface area (Å²) in [6.07, 6.45) is 7.31. The number of carbonyl (C=O) groups is 2. The SMILES string of the molecule is CCC1(CC)CCN(C(=O)OC2CCC(C(=O)OC)CC2)CC1. The van der Waals surface area contributed by atoms with Crippen molar-refractivity contribution in [1.82, 2.24) is 4.90 Å². The molecule has 0 N–H and O–H groups in total. The third-order valence-corrected chi connectivity index (χ3v) is 6.06. The summed E-state index contributed by atoms with van der Waals surface area (Å²) >= 11 is 0. The van der Waals surface area contributed by atoms with Crippen LogP contribution in [0.3, 0.4) is 0 Å². The Morgan fingerprint density at radius 3 is 2.09 bits per heavy atom. The van der Waals surface area contributed by atoms with Gasteiger partial charge in [0.05, 0.1) is 13.0 Å². The summed E-state index contributed by atoms with van der Waals surface area (Å²) in [6.45, 7) is 6.10. The number of carbonyl (C=O) groups excluding carboxylic acids is 2. The fraction of sp³-hybridized carbons (Fsp3) is 0.889. The topological polar surface area (TPSA) is 55.8 Å². The molecular weight excluding hydrogens is 294 g/mol. The van der Waals surface area contributed by atoms with Gasteiger partial charge in [-0.1, -0.05) is 26.7 Å². The molecule has 23 heavy (non-hydrogen) atoms. The van der Waals surface area contributed by atoms with Crippen molar-refractivity contribution in [3.05, 3.63) is 0 Å². The number of hydrogen-bond acceptors (Lipinski definition) is 4. The zero-order chi connectivity index (χ0) is 16.9. The maximum atomic E-state index is 12.3. The fourth-order valence-corrected chi connectivity index (χ4v) is 3.92. The first-order chi connectivity index (χ1) is 11.0. The smallest absolute Gasteiger partial charge is 0.410 e. The lowest BCUT2D eigenvalue weighted by Crippen LogP contribution is -2.44. The number of rotatable bonds is 4. The van der Waals surface area contributed by atoms with Gasteiger partial charge in [0.2, 0.25) is 0 Å². The normalized spacial score (nSPS) is 27.3. The number of likely N-dealkylation sites (tertiary alicyclic amines) is 1. The number of piperidine rings is 1. The van der Waals surface area contributed by atoms with E-state index in [0.717, 1.165) is 51.6 Å². The Balaban J connectivity index is 1.75. The van der Waals surface area contributed by atoms with Crippen molar-refractivity contribution < 1.29 is 19.1 Å². The van der Waals surface area contributed by atoms with E-state index in [9.17, 15) is 9.59 Å². The molecule has 5 nitrogen and oxygen atoms in total. The lowest BCUT2D eigenvalue weighted by Gasteiger charge is -2.41. The molecule has 0 aromatic rings. The van der Waals surface area contributed by atoms with Crippen molar-refractivity contribution in [1.29, 1.82) is 0 Å². The van der Waals surface area contributed by atoms with Crippen LogP contribution < -0.4 is 0 Å². The summed E-state index contributed by atoms with van der Waals surface area (Å²) in [5.41, 5.74) is 0.412. The van der Waals surface area contributed by atoms with Crippen LogP contribution in [-0.4, -0.2) is 43.3 Å². The summed E-state index contributed by atoms with van der Waals surface area (Å²) < 4.78 is 10.4. The Morgan fingerprint density at radius 2 is 1.61 bits per heavy atom. The van der Waals surface area contributed by atoms with Gasteiger partial charge in [-0.15, -0.1) is 0 Å². The van der Waals surface area contributed by atoms with Crippen LogP contribution in [-0.2, 0) is 14.3 Å². The van der Waals surface area contributed by atoms with Crippen molar-refractivity contribution in [2.24, 2.45) is 11.3 Å². The van der Waals surface area contributed by atoms with Gasteiger partial charge in [-0.05, 0) is 43.9 Å². The van der Waals surface area contributed by atoms with Gasteiger partial charge in [-0.3, -0.25) is 4.79 Å². The highest BCUT2D eigenvalue weighted by atomic mass is 16.6. The van der Waals surface area contributed by atoms with Crippen LogP contribution in [0.15, 0.2) is 0 Å². The number of nitrogens with zero attached hydrogens (tertiary/aromatic N) is 1. The van der Waals surface area contributed by atoms with E-state index in [1.165, 1.54) is 20.0 Å². The largest absolute Gasteiger partial charge is 0.469 e. The molecule has 1 heterocycles. The van der Waals surface area contributed by atoms with Crippen molar-refractivity contribution in [3.8, 4) is 0 Å². The lowest BCUT2D eigenvalue weighted by atomic mass is 9.74. The summed E-state index contributed by atoms with van der Waals surface area (Å²) in [5.74, 6) is -0.166. The average molecular weight is 325 g/mol. The minimum Gasteiger partial charge on any atom is -0.469 e. The summed E-state index contributed by atoms with van der Waals surface area (Å²) in [7, 11) is 1.43. The molecule has 0 atom stereocenters. The minimum atomic E-state index is -0.174. The number of hydrogen-bond donors (Lipinski definition) is 0. The number of methoxy groups -OCH3 is 1. The maximum Gasteiger partial charge on any atom is 0.410 e. The van der Waals surface area contributed by atoms with Gasteiger partial charge in [-0.25, -0.2) is 4.79 Å². The standard InChI is InChI=1S/C18H31NO4/c1-4-18(5-2)10-12-19(13-11-18)17(21)23-15-8-6-14(7-9-15)16(20)22-3/h14-15H,4-13H2,1-3H3. The van der Waals surface area contributed by atoms with E-state index in [2.05, 4.69) is 13.8 Å². The Morgan fingerprint density at radius 1 is 1.04 bits per heavy atom. The van der Waals surface area contributed by atoms with Crippen molar-refractivity contribution in [2.75, 3.05) is 20.2 Å². The van der Waals surface area contributed by atoms with Crippen LogP contribution in [0.2, 0.25) is 0 Å². The third-order valence-electron chi connectivity index (χ3n) is 6.06. The molecule has 1 amide bonds. The van der Waals surface area contributed by atoms with Gasteiger partial charge in [0.25, 0.3) is 0 Å². The van der Waals surface area contributed by atoms with Gasteiger partial charge < -0.3 is 14.4 Å². The summed E-state index contributed by atoms with van der Waals surface area (Å²) in [5, 5.41) is 0. The van der Waals surface area contributed by atoms with E-state index in [0.29, 0.717) is 5.41 Å². The van der Waals surface area contributed by atoms with E-state index >= 15 is 0 Å². The second-order valence-corrected chi connectivity index (χ2v) is 7.07. The average Bonchev–Trinajstić information content (AvgIpc) is 2.61. The molecule has 2 rings (SSSR count). The Kier molecular flexibility index (Phi) is 6.31. The van der Waals surface area contributed by atoms with E-state index < -0.39 is 0 Å². The molecule has 132 valence electrons. The maximum absolute atomic E-state index is 12.3. The molecule has 0 radical (unpaired) electrons. The number of esters is 1. The first-order valence-corrected chi connectivity index (χ1v) is 9.07. The molecule has 0 spiro atoms. The zero-order valence-corrected chi connectivity index (χ0v) is 14.8. The first kappa shape index (κ1) is 18.1. The third kappa shape index (κ3) is 4.39. The van der Waals surface area contributed by atoms with Gasteiger partial charge in [-0.2, -0.15) is 0 Å². The Labute approximate surface area is 139 Å². The van der Waals surface area contributed by atoms with Crippen LogP contribution in [0.1, 0.15) is 65.2 Å². The van der Waals surface area contributed by atoms with Crippen LogP contribution >= 0.6 is 0 Å². The highest BCUT2D eigenvalue weighted by Crippen LogP contribution is 2.38. The molecule has 1 saturated heterocycles. The fourth-order valence-electron chi connectivity index (χ4n) is 3.92. The monoisotopic (exact) mass is 325 g/mol. The van der Waals surface area contributed by atoms with Gasteiger partial charge in [0.1, 0.15) is 6.10 Å². The molecule has 1 aliphatic heterocycles. The van der Waals surface area contributed by atoms with E-state index in [-0.39, 0.29) is 24.1 Å². The Bertz CT molecular complexity index is 401. The van der Waals surface area contributed by atoms with E-state index in [4.69, 9.17) is 9.47 Å². The van der Waals surface area contributed by atoms with Crippen LogP contribution in [0.5, 0.6) is 0 Å². The molecule has 0 unspecified atom stereocenters. The quantitative estimate of drug-likeness (QED) is 0.739. The highest BCUT2D eigenvalue weighted by molar-refractivity contribution is 5.72. The van der Waals surface area contributed by atoms with Crippen LogP contribution in [0.4, 0.5) is 4.79 Å². The van der Waals surface area contributed by atoms with E-state index in [1.54, 1.807) is 0 Å². The summed E-state index contributed by atoms with van der Waals surface area (Å²) in [6, 6.07) is 0. The van der Waals surface area contributed by atoms with Crippen molar-refractivity contribution in [3.63, 3.8) is 0 Å². The number of amides is 1. The van der Waals surface area contributed by atoms with Gasteiger partial charge >= 0.3 is 12.1 Å². The predicted octanol–water partition coefficient (Wildman–Crippen LogP) is 3.76. The molecule has 0 bridgehead atoms. The van der Waals surface area contributed by atoms with Crippen LogP contribution in [0.25, 0.3) is 0 Å². The van der Waals surface area contributed by atoms with Crippen LogP contribution in [0, 0.1) is 11.3 Å². The molecule has 1 aliphatic carbocycles. The minimum absolute atomic E-state index is 0.0281. The zero-order valence-electron chi connectivity index (χ0n) is 14.8. The second kappa shape index (κ2) is 8.02. The number of ether oxygens (including phenoxy) is 2. The molecule has 0 aromatic carbocycles. The Hall–Kier alpha value is -1.26. The molecule has 2 aliphatic rings.